The predicted molar refractivity (Wildman–Crippen MR) is 70.4 cm³/mol. The number of hydrogen-bond donors (Lipinski definition) is 1. The molecule has 0 bridgehead atoms. The average Bonchev–Trinajstić information content (AvgIpc) is 2.28. The lowest BCUT2D eigenvalue weighted by molar-refractivity contribution is 0.214. The lowest BCUT2D eigenvalue weighted by Crippen LogP contribution is -2.19. The van der Waals surface area contributed by atoms with Crippen LogP contribution in [0.4, 0.5) is 0 Å². The molecule has 0 radical (unpaired) electrons. The zero-order chi connectivity index (χ0) is 11.8. The van der Waals surface area contributed by atoms with Crippen LogP contribution in [0.5, 0.6) is 0 Å². The lowest BCUT2D eigenvalue weighted by Gasteiger charge is -2.31. The molecule has 0 aromatic rings. The summed E-state index contributed by atoms with van der Waals surface area (Å²) in [7, 11) is 0. The molecule has 0 spiro atoms. The Bertz CT molecular complexity index is 196. The number of aliphatic hydroxyl groups excluding tert-OH is 1. The van der Waals surface area contributed by atoms with Crippen molar-refractivity contribution < 1.29 is 5.11 Å². The monoisotopic (exact) mass is 224 g/mol. The van der Waals surface area contributed by atoms with Gasteiger partial charge in [-0.2, -0.15) is 0 Å². The van der Waals surface area contributed by atoms with Crippen LogP contribution in [-0.2, 0) is 0 Å². The van der Waals surface area contributed by atoms with E-state index in [2.05, 4.69) is 19.9 Å². The van der Waals surface area contributed by atoms with Gasteiger partial charge >= 0.3 is 0 Å². The molecule has 2 atom stereocenters. The molecule has 0 heterocycles. The van der Waals surface area contributed by atoms with E-state index in [4.69, 9.17) is 5.11 Å². The van der Waals surface area contributed by atoms with Gasteiger partial charge in [-0.3, -0.25) is 0 Å². The minimum Gasteiger partial charge on any atom is -0.392 e. The number of rotatable bonds is 6. The number of allylic oxidation sites excluding steroid dienone is 1. The lowest BCUT2D eigenvalue weighted by atomic mass is 9.74. The van der Waals surface area contributed by atoms with E-state index in [1.807, 2.05) is 6.08 Å². The molecule has 0 aliphatic heterocycles. The molecule has 1 heteroatoms. The van der Waals surface area contributed by atoms with Crippen molar-refractivity contribution in [3.63, 3.8) is 0 Å². The Morgan fingerprint density at radius 2 is 1.81 bits per heavy atom. The van der Waals surface area contributed by atoms with E-state index in [1.165, 1.54) is 44.9 Å². The summed E-state index contributed by atoms with van der Waals surface area (Å²) in [5.41, 5.74) is 0. The van der Waals surface area contributed by atoms with Crippen molar-refractivity contribution in [2.24, 2.45) is 17.8 Å². The summed E-state index contributed by atoms with van der Waals surface area (Å²) in [6.45, 7) is 4.84. The Balaban J connectivity index is 2.34. The highest BCUT2D eigenvalue weighted by Crippen LogP contribution is 2.36. The summed E-state index contributed by atoms with van der Waals surface area (Å²) in [5, 5.41) is 8.75. The van der Waals surface area contributed by atoms with Crippen molar-refractivity contribution in [2.75, 3.05) is 6.61 Å². The molecule has 16 heavy (non-hydrogen) atoms. The van der Waals surface area contributed by atoms with Crippen LogP contribution in [0.15, 0.2) is 12.2 Å². The van der Waals surface area contributed by atoms with Crippen LogP contribution >= 0.6 is 0 Å². The van der Waals surface area contributed by atoms with Gasteiger partial charge in [0.05, 0.1) is 6.61 Å². The van der Waals surface area contributed by atoms with Crippen LogP contribution in [0.25, 0.3) is 0 Å². The maximum atomic E-state index is 8.75. The maximum Gasteiger partial charge on any atom is 0.0612 e. The van der Waals surface area contributed by atoms with Crippen molar-refractivity contribution in [3.05, 3.63) is 12.2 Å². The van der Waals surface area contributed by atoms with Crippen molar-refractivity contribution in [2.45, 2.75) is 58.8 Å². The van der Waals surface area contributed by atoms with E-state index in [0.717, 1.165) is 17.8 Å². The largest absolute Gasteiger partial charge is 0.392 e. The van der Waals surface area contributed by atoms with Crippen LogP contribution < -0.4 is 0 Å². The summed E-state index contributed by atoms with van der Waals surface area (Å²) in [4.78, 5) is 0. The fraction of sp³-hybridized carbons (Fsp3) is 0.867. The predicted octanol–water partition coefficient (Wildman–Crippen LogP) is 4.17. The number of hydrogen-bond acceptors (Lipinski definition) is 1. The van der Waals surface area contributed by atoms with Crippen molar-refractivity contribution in [3.8, 4) is 0 Å². The molecule has 0 aromatic carbocycles. The van der Waals surface area contributed by atoms with Gasteiger partial charge < -0.3 is 5.11 Å². The van der Waals surface area contributed by atoms with Crippen LogP contribution in [-0.4, -0.2) is 11.7 Å². The minimum absolute atomic E-state index is 0.198. The molecule has 0 amide bonds. The highest BCUT2D eigenvalue weighted by atomic mass is 16.2. The SMILES string of the molecule is CC(C)CCC1CCCCC1CC=CCO. The third-order valence-electron chi connectivity index (χ3n) is 3.89. The third kappa shape index (κ3) is 5.16. The first kappa shape index (κ1) is 13.8. The first-order valence-corrected chi connectivity index (χ1v) is 7.00. The van der Waals surface area contributed by atoms with Gasteiger partial charge in [-0.1, -0.05) is 51.7 Å². The standard InChI is InChI=1S/C15H28O/c1-13(2)10-11-15-8-4-3-7-14(15)9-5-6-12-16/h5-6,13-16H,3-4,7-12H2,1-2H3. The van der Waals surface area contributed by atoms with Crippen LogP contribution in [0, 0.1) is 17.8 Å². The fourth-order valence-electron chi connectivity index (χ4n) is 2.87. The molecular formula is C15H28O. The molecule has 1 nitrogen and oxygen atoms in total. The highest BCUT2D eigenvalue weighted by molar-refractivity contribution is 4.87. The number of aliphatic hydroxyl groups is 1. The second kappa shape index (κ2) is 7.89. The van der Waals surface area contributed by atoms with Gasteiger partial charge in [-0.25, -0.2) is 0 Å². The summed E-state index contributed by atoms with van der Waals surface area (Å²) in [5.74, 6) is 2.67. The third-order valence-corrected chi connectivity index (χ3v) is 3.89. The van der Waals surface area contributed by atoms with E-state index >= 15 is 0 Å². The average molecular weight is 224 g/mol. The molecule has 1 saturated carbocycles. The van der Waals surface area contributed by atoms with Gasteiger partial charge in [-0.15, -0.1) is 0 Å². The summed E-state index contributed by atoms with van der Waals surface area (Å²) >= 11 is 0. The molecule has 2 unspecified atom stereocenters. The van der Waals surface area contributed by atoms with Crippen LogP contribution in [0.1, 0.15) is 58.8 Å². The summed E-state index contributed by atoms with van der Waals surface area (Å²) in [6, 6.07) is 0. The zero-order valence-corrected chi connectivity index (χ0v) is 11.0. The molecule has 1 aliphatic carbocycles. The highest BCUT2D eigenvalue weighted by Gasteiger charge is 2.23. The van der Waals surface area contributed by atoms with Crippen molar-refractivity contribution in [1.82, 2.24) is 0 Å². The maximum absolute atomic E-state index is 8.75. The molecule has 1 fully saturated rings. The minimum atomic E-state index is 0.198. The molecule has 0 saturated heterocycles. The van der Waals surface area contributed by atoms with Crippen LogP contribution in [0.2, 0.25) is 0 Å². The van der Waals surface area contributed by atoms with Gasteiger partial charge in [0.1, 0.15) is 0 Å². The van der Waals surface area contributed by atoms with E-state index in [1.54, 1.807) is 0 Å². The second-order valence-corrected chi connectivity index (χ2v) is 5.67. The zero-order valence-electron chi connectivity index (χ0n) is 11.0. The fourth-order valence-corrected chi connectivity index (χ4v) is 2.87. The van der Waals surface area contributed by atoms with Gasteiger partial charge in [0.15, 0.2) is 0 Å². The van der Waals surface area contributed by atoms with Crippen molar-refractivity contribution in [1.29, 1.82) is 0 Å². The normalized spacial score (nSPS) is 26.8. The van der Waals surface area contributed by atoms with Crippen LogP contribution in [0.3, 0.4) is 0 Å². The van der Waals surface area contributed by atoms with E-state index < -0.39 is 0 Å². The molecular weight excluding hydrogens is 196 g/mol. The summed E-state index contributed by atoms with van der Waals surface area (Å²) in [6.07, 6.45) is 13.7. The van der Waals surface area contributed by atoms with E-state index in [-0.39, 0.29) is 6.61 Å². The molecule has 1 rings (SSSR count). The smallest absolute Gasteiger partial charge is 0.0612 e. The van der Waals surface area contributed by atoms with E-state index in [0.29, 0.717) is 0 Å². The van der Waals surface area contributed by atoms with Gasteiger partial charge in [0.25, 0.3) is 0 Å². The Morgan fingerprint density at radius 1 is 1.12 bits per heavy atom. The van der Waals surface area contributed by atoms with Crippen molar-refractivity contribution >= 4 is 0 Å². The first-order chi connectivity index (χ1) is 7.74. The molecule has 94 valence electrons. The van der Waals surface area contributed by atoms with Gasteiger partial charge in [0, 0.05) is 0 Å². The van der Waals surface area contributed by atoms with Gasteiger partial charge in [-0.05, 0) is 37.0 Å². The molecule has 1 aliphatic rings. The quantitative estimate of drug-likeness (QED) is 0.671. The second-order valence-electron chi connectivity index (χ2n) is 5.67. The Hall–Kier alpha value is -0.300. The topological polar surface area (TPSA) is 20.2 Å². The Labute approximate surface area is 101 Å². The Morgan fingerprint density at radius 3 is 2.44 bits per heavy atom. The molecule has 1 N–H and O–H groups in total. The summed E-state index contributed by atoms with van der Waals surface area (Å²) < 4.78 is 0. The first-order valence-electron chi connectivity index (χ1n) is 7.00. The Kier molecular flexibility index (Phi) is 6.79. The van der Waals surface area contributed by atoms with E-state index in [9.17, 15) is 0 Å². The van der Waals surface area contributed by atoms with Gasteiger partial charge in [0.2, 0.25) is 0 Å². The molecule has 0 aromatic heterocycles.